The molecule has 4 aliphatic carbocycles. The Balaban J connectivity index is 1.33. The van der Waals surface area contributed by atoms with Crippen LogP contribution in [-0.2, 0) is 27.2 Å². The molecule has 4 fully saturated rings. The first-order valence-corrected chi connectivity index (χ1v) is 12.8. The normalized spacial score (nSPS) is 28.2. The van der Waals surface area contributed by atoms with Crippen LogP contribution in [0.15, 0.2) is 60.7 Å². The molecular weight excluding hydrogens is 440 g/mol. The maximum Gasteiger partial charge on any atom is 0.326 e. The Hall–Kier alpha value is -3.15. The number of aliphatic carboxylic acids is 1. The molecule has 184 valence electrons. The number of hydrogen-bond donors (Lipinski definition) is 3. The van der Waals surface area contributed by atoms with Gasteiger partial charge < -0.3 is 15.7 Å². The monoisotopic (exact) mass is 474 g/mol. The molecule has 0 aromatic heterocycles. The number of hydrogen-bond acceptors (Lipinski definition) is 3. The van der Waals surface area contributed by atoms with Gasteiger partial charge in [0.25, 0.3) is 0 Å². The van der Waals surface area contributed by atoms with Gasteiger partial charge in [0, 0.05) is 18.3 Å². The van der Waals surface area contributed by atoms with E-state index in [2.05, 4.69) is 10.6 Å². The lowest BCUT2D eigenvalue weighted by Gasteiger charge is -2.55. The van der Waals surface area contributed by atoms with Gasteiger partial charge in [-0.2, -0.15) is 0 Å². The van der Waals surface area contributed by atoms with E-state index in [1.54, 1.807) is 0 Å². The molecule has 2 aromatic carbocycles. The van der Waals surface area contributed by atoms with Crippen LogP contribution in [0.2, 0.25) is 0 Å². The van der Waals surface area contributed by atoms with Gasteiger partial charge in [-0.05, 0) is 67.4 Å². The summed E-state index contributed by atoms with van der Waals surface area (Å²) in [5, 5.41) is 15.6. The zero-order valence-electron chi connectivity index (χ0n) is 20.0. The van der Waals surface area contributed by atoms with Gasteiger partial charge in [-0.1, -0.05) is 60.7 Å². The number of rotatable bonds is 9. The molecule has 0 heterocycles. The number of carboxylic acid groups (broad SMARTS) is 1. The Labute approximate surface area is 206 Å². The highest BCUT2D eigenvalue weighted by Gasteiger charge is 2.55. The highest BCUT2D eigenvalue weighted by molar-refractivity contribution is 5.92. The minimum Gasteiger partial charge on any atom is -0.480 e. The predicted octanol–water partition coefficient (Wildman–Crippen LogP) is 3.74. The van der Waals surface area contributed by atoms with Gasteiger partial charge >= 0.3 is 5.97 Å². The van der Waals surface area contributed by atoms with Crippen LogP contribution in [-0.4, -0.2) is 35.0 Å². The Kier molecular flexibility index (Phi) is 6.63. The molecule has 6 nitrogen and oxygen atoms in total. The minimum absolute atomic E-state index is 0.0254. The summed E-state index contributed by atoms with van der Waals surface area (Å²) in [5.41, 5.74) is 1.38. The molecule has 35 heavy (non-hydrogen) atoms. The molecule has 2 aromatic rings. The maximum absolute atomic E-state index is 13.7. The molecule has 4 saturated carbocycles. The van der Waals surface area contributed by atoms with Gasteiger partial charge in [0.05, 0.1) is 0 Å². The number of carboxylic acids is 1. The fourth-order valence-corrected chi connectivity index (χ4v) is 7.08. The van der Waals surface area contributed by atoms with E-state index >= 15 is 0 Å². The van der Waals surface area contributed by atoms with Crippen molar-refractivity contribution < 1.29 is 19.5 Å². The van der Waals surface area contributed by atoms with Crippen molar-refractivity contribution >= 4 is 17.8 Å². The molecule has 3 N–H and O–H groups in total. The van der Waals surface area contributed by atoms with Crippen molar-refractivity contribution in [3.05, 3.63) is 71.8 Å². The van der Waals surface area contributed by atoms with Crippen LogP contribution in [0.5, 0.6) is 0 Å². The largest absolute Gasteiger partial charge is 0.480 e. The molecule has 2 atom stereocenters. The predicted molar refractivity (Wildman–Crippen MR) is 132 cm³/mol. The number of carbonyl (C=O) groups is 3. The van der Waals surface area contributed by atoms with Crippen molar-refractivity contribution in [3.63, 3.8) is 0 Å². The van der Waals surface area contributed by atoms with Gasteiger partial charge in [-0.3, -0.25) is 9.59 Å². The van der Waals surface area contributed by atoms with Gasteiger partial charge in [0.15, 0.2) is 0 Å². The van der Waals surface area contributed by atoms with Crippen LogP contribution in [0.4, 0.5) is 0 Å². The molecule has 4 bridgehead atoms. The van der Waals surface area contributed by atoms with E-state index in [0.717, 1.165) is 30.4 Å². The fraction of sp³-hybridized carbons (Fsp3) is 0.483. The second-order valence-corrected chi connectivity index (χ2v) is 11.0. The Morgan fingerprint density at radius 1 is 0.743 bits per heavy atom. The van der Waals surface area contributed by atoms with E-state index < -0.39 is 24.0 Å². The van der Waals surface area contributed by atoms with E-state index in [0.29, 0.717) is 24.2 Å². The lowest BCUT2D eigenvalue weighted by Crippen LogP contribution is -2.59. The van der Waals surface area contributed by atoms with Crippen molar-refractivity contribution in [1.82, 2.24) is 10.6 Å². The highest BCUT2D eigenvalue weighted by Crippen LogP contribution is 2.60. The van der Waals surface area contributed by atoms with E-state index in [1.165, 1.54) is 19.3 Å². The molecule has 0 spiro atoms. The maximum atomic E-state index is 13.7. The third-order valence-electron chi connectivity index (χ3n) is 8.32. The first kappa shape index (κ1) is 23.6. The van der Waals surface area contributed by atoms with E-state index in [9.17, 15) is 19.5 Å². The molecule has 4 aliphatic rings. The first-order valence-electron chi connectivity index (χ1n) is 12.8. The molecule has 0 saturated heterocycles. The van der Waals surface area contributed by atoms with Crippen molar-refractivity contribution in [2.45, 2.75) is 63.5 Å². The van der Waals surface area contributed by atoms with Crippen molar-refractivity contribution in [3.8, 4) is 0 Å². The Morgan fingerprint density at radius 2 is 1.20 bits per heavy atom. The summed E-state index contributed by atoms with van der Waals surface area (Å²) < 4.78 is 0. The Bertz CT molecular complexity index is 1030. The summed E-state index contributed by atoms with van der Waals surface area (Å²) in [6.45, 7) is 0. The summed E-state index contributed by atoms with van der Waals surface area (Å²) >= 11 is 0. The third-order valence-corrected chi connectivity index (χ3v) is 8.32. The Morgan fingerprint density at radius 3 is 1.66 bits per heavy atom. The fourth-order valence-electron chi connectivity index (χ4n) is 7.08. The van der Waals surface area contributed by atoms with E-state index in [4.69, 9.17) is 0 Å². The third kappa shape index (κ3) is 5.26. The molecule has 6 heteroatoms. The van der Waals surface area contributed by atoms with E-state index in [1.807, 2.05) is 60.7 Å². The SMILES string of the molecule is O=C(O)[C@H](Cc1ccccc1)NC(=O)[C@H](Cc1ccccc1)NC(=O)C12CC3CC(CC(C3)C1)C2. The summed E-state index contributed by atoms with van der Waals surface area (Å²) in [7, 11) is 0. The topological polar surface area (TPSA) is 95.5 Å². The zero-order valence-corrected chi connectivity index (χ0v) is 20.0. The zero-order chi connectivity index (χ0) is 24.4. The summed E-state index contributed by atoms with van der Waals surface area (Å²) in [5.74, 6) is 0.299. The smallest absolute Gasteiger partial charge is 0.326 e. The molecule has 6 rings (SSSR count). The van der Waals surface area contributed by atoms with Gasteiger partial charge in [0.2, 0.25) is 11.8 Å². The van der Waals surface area contributed by atoms with Gasteiger partial charge in [-0.15, -0.1) is 0 Å². The standard InChI is InChI=1S/C29H34N2O4/c32-26(30-25(27(33)34)15-20-9-5-2-6-10-20)24(14-19-7-3-1-4-8-19)31-28(35)29-16-21-11-22(17-29)13-23(12-21)18-29/h1-10,21-25H,11-18H2,(H,30,32)(H,31,35)(H,33,34)/t21?,22?,23?,24-,25-,29?/m0/s1. The minimum atomic E-state index is -1.09. The van der Waals surface area contributed by atoms with E-state index in [-0.39, 0.29) is 17.7 Å². The van der Waals surface area contributed by atoms with Crippen molar-refractivity contribution in [1.29, 1.82) is 0 Å². The van der Waals surface area contributed by atoms with Gasteiger partial charge in [-0.25, -0.2) is 4.79 Å². The first-order chi connectivity index (χ1) is 16.9. The molecule has 0 aliphatic heterocycles. The summed E-state index contributed by atoms with van der Waals surface area (Å²) in [6.07, 6.45) is 6.95. The second kappa shape index (κ2) is 9.84. The molecule has 0 unspecified atom stereocenters. The average molecular weight is 475 g/mol. The summed E-state index contributed by atoms with van der Waals surface area (Å²) in [4.78, 5) is 39.1. The van der Waals surface area contributed by atoms with Crippen LogP contribution in [0.1, 0.15) is 49.7 Å². The molecular formula is C29H34N2O4. The number of nitrogens with one attached hydrogen (secondary N) is 2. The van der Waals surface area contributed by atoms with Crippen LogP contribution in [0.25, 0.3) is 0 Å². The lowest BCUT2D eigenvalue weighted by atomic mass is 9.49. The summed E-state index contributed by atoms with van der Waals surface area (Å²) in [6, 6.07) is 16.9. The average Bonchev–Trinajstić information content (AvgIpc) is 2.83. The van der Waals surface area contributed by atoms with Gasteiger partial charge in [0.1, 0.15) is 12.1 Å². The lowest BCUT2D eigenvalue weighted by molar-refractivity contribution is -0.148. The van der Waals surface area contributed by atoms with Crippen LogP contribution in [0, 0.1) is 23.2 Å². The number of carbonyl (C=O) groups excluding carboxylic acids is 2. The molecule has 0 radical (unpaired) electrons. The quantitative estimate of drug-likeness (QED) is 0.516. The van der Waals surface area contributed by atoms with Crippen LogP contribution in [0.3, 0.4) is 0 Å². The highest BCUT2D eigenvalue weighted by atomic mass is 16.4. The number of benzene rings is 2. The second-order valence-electron chi connectivity index (χ2n) is 11.0. The van der Waals surface area contributed by atoms with Crippen LogP contribution >= 0.6 is 0 Å². The molecule has 2 amide bonds. The number of amides is 2. The van der Waals surface area contributed by atoms with Crippen LogP contribution < -0.4 is 10.6 Å². The van der Waals surface area contributed by atoms with Crippen molar-refractivity contribution in [2.75, 3.05) is 0 Å². The van der Waals surface area contributed by atoms with Crippen molar-refractivity contribution in [2.24, 2.45) is 23.2 Å².